The van der Waals surface area contributed by atoms with Crippen molar-refractivity contribution in [3.8, 4) is 0 Å². The molecule has 1 nitrogen and oxygen atoms in total. The second-order valence-corrected chi connectivity index (χ2v) is 7.01. The molecular formula is C20H25N. The zero-order valence-corrected chi connectivity index (χ0v) is 13.5. The lowest BCUT2D eigenvalue weighted by atomic mass is 9.71. The van der Waals surface area contributed by atoms with Crippen molar-refractivity contribution in [2.24, 2.45) is 0 Å². The summed E-state index contributed by atoms with van der Waals surface area (Å²) in [4.78, 5) is 0. The quantitative estimate of drug-likeness (QED) is 0.762. The second kappa shape index (κ2) is 5.22. The highest BCUT2D eigenvalue weighted by Gasteiger charge is 2.32. The van der Waals surface area contributed by atoms with Crippen molar-refractivity contribution in [2.45, 2.75) is 52.0 Å². The lowest BCUT2D eigenvalue weighted by molar-refractivity contribution is 0.406. The molecule has 0 aromatic heterocycles. The van der Waals surface area contributed by atoms with E-state index >= 15 is 0 Å². The lowest BCUT2D eigenvalue weighted by Gasteiger charge is -2.37. The Labute approximate surface area is 128 Å². The van der Waals surface area contributed by atoms with Crippen LogP contribution in [0.4, 0.5) is 5.69 Å². The molecule has 2 aromatic rings. The van der Waals surface area contributed by atoms with E-state index in [4.69, 9.17) is 0 Å². The monoisotopic (exact) mass is 279 g/mol. The van der Waals surface area contributed by atoms with Gasteiger partial charge in [-0.25, -0.2) is 0 Å². The first-order valence-corrected chi connectivity index (χ1v) is 7.90. The minimum atomic E-state index is 0.290. The predicted octanol–water partition coefficient (Wildman–Crippen LogP) is 5.53. The molecule has 0 saturated heterocycles. The van der Waals surface area contributed by atoms with Gasteiger partial charge in [0, 0.05) is 5.69 Å². The third kappa shape index (κ3) is 2.70. The maximum absolute atomic E-state index is 3.74. The van der Waals surface area contributed by atoms with Gasteiger partial charge >= 0.3 is 0 Å². The SMILES string of the molecule is Cc1ccc(NC2CCC(C)(C)c3ccccc32)cc1C. The van der Waals surface area contributed by atoms with E-state index in [1.54, 1.807) is 0 Å². The first-order valence-electron chi connectivity index (χ1n) is 7.90. The van der Waals surface area contributed by atoms with Crippen molar-refractivity contribution in [3.63, 3.8) is 0 Å². The fraction of sp³-hybridized carbons (Fsp3) is 0.400. The van der Waals surface area contributed by atoms with Crippen LogP contribution in [-0.4, -0.2) is 0 Å². The number of anilines is 1. The Morgan fingerprint density at radius 1 is 1.00 bits per heavy atom. The van der Waals surface area contributed by atoms with Crippen molar-refractivity contribution >= 4 is 5.69 Å². The zero-order chi connectivity index (χ0) is 15.0. The molecule has 0 fully saturated rings. The van der Waals surface area contributed by atoms with Crippen molar-refractivity contribution < 1.29 is 0 Å². The maximum Gasteiger partial charge on any atom is 0.0517 e. The number of hydrogen-bond donors (Lipinski definition) is 1. The average Bonchev–Trinajstić information content (AvgIpc) is 2.46. The van der Waals surface area contributed by atoms with Gasteiger partial charge in [0.2, 0.25) is 0 Å². The Morgan fingerprint density at radius 2 is 1.76 bits per heavy atom. The normalized spacial score (nSPS) is 19.9. The van der Waals surface area contributed by atoms with E-state index in [-0.39, 0.29) is 5.41 Å². The number of aryl methyl sites for hydroxylation is 2. The molecule has 0 spiro atoms. The summed E-state index contributed by atoms with van der Waals surface area (Å²) >= 11 is 0. The van der Waals surface area contributed by atoms with Crippen LogP contribution in [0.1, 0.15) is 55.0 Å². The topological polar surface area (TPSA) is 12.0 Å². The molecule has 0 aliphatic heterocycles. The molecule has 1 aliphatic carbocycles. The molecule has 1 atom stereocenters. The average molecular weight is 279 g/mol. The first kappa shape index (κ1) is 14.2. The molecule has 0 saturated carbocycles. The van der Waals surface area contributed by atoms with Crippen LogP contribution in [0.2, 0.25) is 0 Å². The molecule has 1 unspecified atom stereocenters. The molecule has 1 N–H and O–H groups in total. The molecule has 1 aliphatic rings. The molecular weight excluding hydrogens is 254 g/mol. The van der Waals surface area contributed by atoms with Crippen molar-refractivity contribution in [2.75, 3.05) is 5.32 Å². The highest BCUT2D eigenvalue weighted by molar-refractivity contribution is 5.51. The summed E-state index contributed by atoms with van der Waals surface area (Å²) in [7, 11) is 0. The number of benzene rings is 2. The third-order valence-corrected chi connectivity index (χ3v) is 4.97. The number of fused-ring (bicyclic) bond motifs is 1. The van der Waals surface area contributed by atoms with Gasteiger partial charge in [-0.3, -0.25) is 0 Å². The lowest BCUT2D eigenvalue weighted by Crippen LogP contribution is -2.29. The van der Waals surface area contributed by atoms with Crippen molar-refractivity contribution in [1.29, 1.82) is 0 Å². The van der Waals surface area contributed by atoms with Gasteiger partial charge in [0.1, 0.15) is 0 Å². The van der Waals surface area contributed by atoms with Crippen LogP contribution in [0.3, 0.4) is 0 Å². The summed E-state index contributed by atoms with van der Waals surface area (Å²) in [6, 6.07) is 16.0. The van der Waals surface area contributed by atoms with E-state index in [1.807, 2.05) is 0 Å². The van der Waals surface area contributed by atoms with Gasteiger partial charge in [-0.15, -0.1) is 0 Å². The van der Waals surface area contributed by atoms with Crippen LogP contribution in [0.5, 0.6) is 0 Å². The Kier molecular flexibility index (Phi) is 3.52. The van der Waals surface area contributed by atoms with Gasteiger partial charge < -0.3 is 5.32 Å². The first-order chi connectivity index (χ1) is 9.97. The number of rotatable bonds is 2. The van der Waals surface area contributed by atoms with Crippen LogP contribution in [0, 0.1) is 13.8 Å². The molecule has 3 rings (SSSR count). The Bertz CT molecular complexity index is 655. The summed E-state index contributed by atoms with van der Waals surface area (Å²) < 4.78 is 0. The third-order valence-electron chi connectivity index (χ3n) is 4.97. The van der Waals surface area contributed by atoms with Crippen LogP contribution < -0.4 is 5.32 Å². The molecule has 0 radical (unpaired) electrons. The van der Waals surface area contributed by atoms with Crippen LogP contribution in [0.25, 0.3) is 0 Å². The molecule has 21 heavy (non-hydrogen) atoms. The summed E-state index contributed by atoms with van der Waals surface area (Å²) in [5, 5.41) is 3.74. The molecule has 0 heterocycles. The van der Waals surface area contributed by atoms with E-state index in [0.29, 0.717) is 6.04 Å². The fourth-order valence-electron chi connectivity index (χ4n) is 3.39. The summed E-state index contributed by atoms with van der Waals surface area (Å²) in [6.07, 6.45) is 2.42. The van der Waals surface area contributed by atoms with E-state index in [0.717, 1.165) is 0 Å². The van der Waals surface area contributed by atoms with Crippen LogP contribution in [0.15, 0.2) is 42.5 Å². The van der Waals surface area contributed by atoms with E-state index in [2.05, 4.69) is 75.5 Å². The fourth-order valence-corrected chi connectivity index (χ4v) is 3.39. The minimum Gasteiger partial charge on any atom is -0.378 e. The van der Waals surface area contributed by atoms with Gasteiger partial charge in [-0.1, -0.05) is 44.2 Å². The molecule has 1 heteroatoms. The van der Waals surface area contributed by atoms with E-state index in [9.17, 15) is 0 Å². The van der Waals surface area contributed by atoms with Gasteiger partial charge in [-0.05, 0) is 66.5 Å². The van der Waals surface area contributed by atoms with Crippen LogP contribution >= 0.6 is 0 Å². The molecule has 0 bridgehead atoms. The Morgan fingerprint density at radius 3 is 2.52 bits per heavy atom. The van der Waals surface area contributed by atoms with Crippen molar-refractivity contribution in [3.05, 3.63) is 64.7 Å². The molecule has 0 amide bonds. The Balaban J connectivity index is 1.92. The Hall–Kier alpha value is -1.76. The maximum atomic E-state index is 3.74. The van der Waals surface area contributed by atoms with Gasteiger partial charge in [0.25, 0.3) is 0 Å². The summed E-state index contributed by atoms with van der Waals surface area (Å²) in [5.41, 5.74) is 7.19. The summed E-state index contributed by atoms with van der Waals surface area (Å²) in [5.74, 6) is 0. The van der Waals surface area contributed by atoms with Gasteiger partial charge in [0.15, 0.2) is 0 Å². The summed E-state index contributed by atoms with van der Waals surface area (Å²) in [6.45, 7) is 9.06. The standard InChI is InChI=1S/C20H25N/c1-14-9-10-16(13-15(14)2)21-19-11-12-20(3,4)18-8-6-5-7-17(18)19/h5-10,13,19,21H,11-12H2,1-4H3. The smallest absolute Gasteiger partial charge is 0.0517 e. The highest BCUT2D eigenvalue weighted by Crippen LogP contribution is 2.42. The van der Waals surface area contributed by atoms with Crippen LogP contribution in [-0.2, 0) is 5.41 Å². The van der Waals surface area contributed by atoms with Crippen molar-refractivity contribution in [1.82, 2.24) is 0 Å². The number of nitrogens with one attached hydrogen (secondary N) is 1. The van der Waals surface area contributed by atoms with Gasteiger partial charge in [0.05, 0.1) is 6.04 Å². The predicted molar refractivity (Wildman–Crippen MR) is 91.0 cm³/mol. The highest BCUT2D eigenvalue weighted by atomic mass is 14.9. The molecule has 2 aromatic carbocycles. The largest absolute Gasteiger partial charge is 0.378 e. The van der Waals surface area contributed by atoms with Gasteiger partial charge in [-0.2, -0.15) is 0 Å². The second-order valence-electron chi connectivity index (χ2n) is 7.01. The number of hydrogen-bond acceptors (Lipinski definition) is 1. The minimum absolute atomic E-state index is 0.290. The molecule has 110 valence electrons. The zero-order valence-electron chi connectivity index (χ0n) is 13.5. The van der Waals surface area contributed by atoms with E-state index in [1.165, 1.54) is 40.8 Å². The van der Waals surface area contributed by atoms with E-state index < -0.39 is 0 Å².